The van der Waals surface area contributed by atoms with Gasteiger partial charge in [0.2, 0.25) is 0 Å². The Kier molecular flexibility index (Phi) is 21.2. The SMILES string of the molecule is CCC(C)CC(C)/C=C(C)/C=C/CC(C)C(OC(C)=O)C(C)/C=C(C)/C=C/C(OC(C)=O)C(C)(C)c1cc(O)c(C2OC(COS(N)(=O)=O)CC(OC(C)=O)C2OC(C)=O)c(=O)o1. The van der Waals surface area contributed by atoms with Crippen LogP contribution in [0.3, 0.4) is 0 Å². The number of nitrogens with two attached hydrogens (primary N) is 1. The van der Waals surface area contributed by atoms with Crippen LogP contribution in [0.25, 0.3) is 0 Å². The Morgan fingerprint density at radius 3 is 2.06 bits per heavy atom. The van der Waals surface area contributed by atoms with E-state index in [1.54, 1.807) is 26.0 Å². The zero-order valence-corrected chi connectivity index (χ0v) is 39.8. The molecule has 63 heavy (non-hydrogen) atoms. The van der Waals surface area contributed by atoms with E-state index in [-0.39, 0.29) is 24.0 Å². The molecule has 1 aliphatic rings. The van der Waals surface area contributed by atoms with Crippen LogP contribution in [-0.2, 0) is 62.8 Å². The summed E-state index contributed by atoms with van der Waals surface area (Å²) in [6, 6.07) is 1.12. The minimum absolute atomic E-state index is 0.0260. The second-order valence-corrected chi connectivity index (χ2v) is 18.5. The fraction of sp³-hybridized carbons (Fsp3) is 0.630. The number of rotatable bonds is 22. The molecule has 0 aliphatic carbocycles. The highest BCUT2D eigenvalue weighted by atomic mass is 32.2. The first-order valence-electron chi connectivity index (χ1n) is 21.2. The van der Waals surface area contributed by atoms with E-state index < -0.39 is 99.8 Å². The van der Waals surface area contributed by atoms with E-state index in [4.69, 9.17) is 33.2 Å². The van der Waals surface area contributed by atoms with Gasteiger partial charge in [0, 0.05) is 46.1 Å². The smallest absolute Gasteiger partial charge is 0.345 e. The largest absolute Gasteiger partial charge is 0.507 e. The number of hydrogen-bond donors (Lipinski definition) is 2. The molecule has 3 N–H and O–H groups in total. The molecule has 16 nitrogen and oxygen atoms in total. The van der Waals surface area contributed by atoms with E-state index in [0.717, 1.165) is 38.3 Å². The zero-order chi connectivity index (χ0) is 48.0. The molecule has 0 aromatic carbocycles. The van der Waals surface area contributed by atoms with E-state index in [2.05, 4.69) is 50.1 Å². The van der Waals surface area contributed by atoms with Crippen molar-refractivity contribution in [1.82, 2.24) is 0 Å². The molecule has 354 valence electrons. The maximum Gasteiger partial charge on any atom is 0.345 e. The van der Waals surface area contributed by atoms with Gasteiger partial charge in [-0.1, -0.05) is 82.6 Å². The Morgan fingerprint density at radius 1 is 0.921 bits per heavy atom. The van der Waals surface area contributed by atoms with E-state index in [1.165, 1.54) is 19.4 Å². The van der Waals surface area contributed by atoms with Gasteiger partial charge in [0.05, 0.1) is 18.1 Å². The molecule has 1 aromatic rings. The molecular weight excluding hydrogens is 839 g/mol. The molecule has 2 rings (SSSR count). The summed E-state index contributed by atoms with van der Waals surface area (Å²) in [6.45, 7) is 21.9. The zero-order valence-electron chi connectivity index (χ0n) is 39.0. The van der Waals surface area contributed by atoms with Gasteiger partial charge >= 0.3 is 39.8 Å². The first-order valence-corrected chi connectivity index (χ1v) is 22.7. The molecule has 0 saturated carbocycles. The Bertz CT molecular complexity index is 2030. The van der Waals surface area contributed by atoms with Gasteiger partial charge in [0.1, 0.15) is 41.5 Å². The third kappa shape index (κ3) is 18.2. The average Bonchev–Trinajstić information content (AvgIpc) is 3.14. The predicted octanol–water partition coefficient (Wildman–Crippen LogP) is 7.14. The molecule has 0 radical (unpaired) electrons. The molecule has 1 aliphatic heterocycles. The van der Waals surface area contributed by atoms with Crippen molar-refractivity contribution in [3.05, 3.63) is 75.4 Å². The summed E-state index contributed by atoms with van der Waals surface area (Å²) in [4.78, 5) is 62.7. The van der Waals surface area contributed by atoms with Gasteiger partial charge < -0.3 is 33.2 Å². The van der Waals surface area contributed by atoms with Crippen molar-refractivity contribution in [3.8, 4) is 5.75 Å². The van der Waals surface area contributed by atoms with Crippen LogP contribution < -0.4 is 10.8 Å². The van der Waals surface area contributed by atoms with Gasteiger partial charge in [-0.05, 0) is 64.4 Å². The summed E-state index contributed by atoms with van der Waals surface area (Å²) < 4.78 is 61.8. The van der Waals surface area contributed by atoms with Crippen LogP contribution in [0.2, 0.25) is 0 Å². The molecule has 0 spiro atoms. The topological polar surface area (TPSA) is 234 Å². The molecule has 2 heterocycles. The number of ether oxygens (including phenoxy) is 5. The number of carbonyl (C=O) groups excluding carboxylic acids is 4. The van der Waals surface area contributed by atoms with Crippen molar-refractivity contribution < 1.29 is 65.0 Å². The number of carbonyl (C=O) groups is 4. The summed E-state index contributed by atoms with van der Waals surface area (Å²) in [5.41, 5.74) is -1.06. The van der Waals surface area contributed by atoms with Crippen LogP contribution in [0, 0.1) is 23.7 Å². The summed E-state index contributed by atoms with van der Waals surface area (Å²) in [5, 5.41) is 16.4. The standard InChI is InChI=1S/C46H69NO15S/c1-14-26(2)20-29(5)21-27(3)16-15-17-30(6)42(59-34(10)50)31(7)22-28(4)18-19-39(58-33(9)49)46(12,13)40-24-37(52)41(45(53)62-40)44-43(60-35(11)51)38(57-32(8)48)23-36(61-44)25-56-63(47,54)55/h15-16,18-19,21-22,24,26,29-31,36,38-39,42-44,52H,14,17,20,23,25H2,1-13H3,(H2,47,54,55)/b16-15+,19-18+,27-21+,28-22+. The van der Waals surface area contributed by atoms with Crippen LogP contribution in [0.1, 0.15) is 133 Å². The molecule has 10 atom stereocenters. The van der Waals surface area contributed by atoms with Crippen LogP contribution in [0.5, 0.6) is 5.75 Å². The van der Waals surface area contributed by atoms with Gasteiger partial charge in [-0.25, -0.2) is 9.93 Å². The van der Waals surface area contributed by atoms with E-state index in [0.29, 0.717) is 18.3 Å². The second-order valence-electron chi connectivity index (χ2n) is 17.3. The monoisotopic (exact) mass is 907 g/mol. The van der Waals surface area contributed by atoms with Crippen molar-refractivity contribution >= 4 is 34.2 Å². The molecule has 1 fully saturated rings. The number of esters is 4. The quantitative estimate of drug-likeness (QED) is 0.0668. The van der Waals surface area contributed by atoms with E-state index in [1.807, 2.05) is 26.8 Å². The predicted molar refractivity (Wildman–Crippen MR) is 235 cm³/mol. The summed E-state index contributed by atoms with van der Waals surface area (Å²) in [5.74, 6) is -2.59. The fourth-order valence-corrected chi connectivity index (χ4v) is 7.97. The Morgan fingerprint density at radius 2 is 1.52 bits per heavy atom. The van der Waals surface area contributed by atoms with Gasteiger partial charge in [0.25, 0.3) is 0 Å². The lowest BCUT2D eigenvalue weighted by atomic mass is 9.82. The maximum atomic E-state index is 13.8. The van der Waals surface area contributed by atoms with Crippen LogP contribution in [0.15, 0.2) is 62.9 Å². The molecule has 0 amide bonds. The van der Waals surface area contributed by atoms with E-state index in [9.17, 15) is 37.5 Å². The minimum Gasteiger partial charge on any atom is -0.507 e. The first kappa shape index (κ1) is 54.6. The molecular formula is C46H69NO15S. The van der Waals surface area contributed by atoms with Crippen molar-refractivity contribution in [1.29, 1.82) is 0 Å². The fourth-order valence-electron chi connectivity index (χ4n) is 7.63. The average molecular weight is 908 g/mol. The lowest BCUT2D eigenvalue weighted by Crippen LogP contribution is -2.50. The Balaban J connectivity index is 2.48. The Labute approximate surface area is 372 Å². The van der Waals surface area contributed by atoms with Gasteiger partial charge in [-0.3, -0.25) is 23.4 Å². The van der Waals surface area contributed by atoms with Gasteiger partial charge in [0.15, 0.2) is 6.10 Å². The Hall–Kier alpha value is -4.58. The number of aromatic hydroxyl groups is 1. The third-order valence-corrected chi connectivity index (χ3v) is 11.2. The highest BCUT2D eigenvalue weighted by Gasteiger charge is 2.47. The van der Waals surface area contributed by atoms with Crippen LogP contribution in [-0.4, -0.2) is 74.5 Å². The first-order chi connectivity index (χ1) is 29.1. The highest BCUT2D eigenvalue weighted by Crippen LogP contribution is 2.40. The number of hydrogen-bond acceptors (Lipinski definition) is 15. The lowest BCUT2D eigenvalue weighted by molar-refractivity contribution is -0.212. The lowest BCUT2D eigenvalue weighted by Gasteiger charge is -2.40. The molecule has 1 aromatic heterocycles. The normalized spacial score (nSPS) is 21.9. The number of allylic oxidation sites excluding steroid dienone is 6. The van der Waals surface area contributed by atoms with Gasteiger partial charge in [-0.15, -0.1) is 0 Å². The van der Waals surface area contributed by atoms with Crippen molar-refractivity contribution in [2.24, 2.45) is 28.8 Å². The summed E-state index contributed by atoms with van der Waals surface area (Å²) in [6.07, 6.45) is 7.36. The third-order valence-electron chi connectivity index (χ3n) is 10.8. The van der Waals surface area contributed by atoms with Crippen molar-refractivity contribution in [2.75, 3.05) is 6.61 Å². The highest BCUT2D eigenvalue weighted by molar-refractivity contribution is 7.84. The molecule has 10 unspecified atom stereocenters. The minimum atomic E-state index is -4.44. The summed E-state index contributed by atoms with van der Waals surface area (Å²) in [7, 11) is -4.44. The van der Waals surface area contributed by atoms with Crippen molar-refractivity contribution in [3.63, 3.8) is 0 Å². The van der Waals surface area contributed by atoms with Crippen LogP contribution >= 0.6 is 0 Å². The molecule has 17 heteroatoms. The van der Waals surface area contributed by atoms with Crippen LogP contribution in [0.4, 0.5) is 0 Å². The molecule has 0 bridgehead atoms. The van der Waals surface area contributed by atoms with Crippen molar-refractivity contribution in [2.45, 2.75) is 158 Å². The van der Waals surface area contributed by atoms with Gasteiger partial charge in [-0.2, -0.15) is 8.42 Å². The second kappa shape index (κ2) is 24.5. The van der Waals surface area contributed by atoms with E-state index >= 15 is 0 Å². The summed E-state index contributed by atoms with van der Waals surface area (Å²) >= 11 is 0. The molecule has 1 saturated heterocycles. The maximum absolute atomic E-state index is 13.8.